The first-order chi connectivity index (χ1) is 54.5. The van der Waals surface area contributed by atoms with Gasteiger partial charge in [-0.15, -0.1) is 0 Å². The van der Waals surface area contributed by atoms with Gasteiger partial charge in [-0.1, -0.05) is 105 Å². The van der Waals surface area contributed by atoms with E-state index >= 15 is 9.59 Å². The van der Waals surface area contributed by atoms with E-state index in [1.807, 2.05) is 0 Å². The Morgan fingerprint density at radius 2 is 0.965 bits per heavy atom. The summed E-state index contributed by atoms with van der Waals surface area (Å²) in [5.74, 6) is -15.2. The van der Waals surface area contributed by atoms with Gasteiger partial charge in [-0.25, -0.2) is 9.78 Å². The highest BCUT2D eigenvalue weighted by molar-refractivity contribution is 7.98. The molecule has 0 unspecified atom stereocenters. The Labute approximate surface area is 662 Å². The van der Waals surface area contributed by atoms with E-state index in [9.17, 15) is 71.3 Å². The van der Waals surface area contributed by atoms with Crippen LogP contribution in [0, 0.1) is 16.7 Å². The number of thioether (sulfide) groups is 1. The molecule has 41 heteroatoms. The average Bonchev–Trinajstić information content (AvgIpc) is 1.70. The van der Waals surface area contributed by atoms with Crippen molar-refractivity contribution in [2.75, 3.05) is 31.6 Å². The highest BCUT2D eigenvalue weighted by Crippen LogP contribution is 2.21. The van der Waals surface area contributed by atoms with Crippen molar-refractivity contribution in [1.82, 2.24) is 78.8 Å². The molecule has 0 fully saturated rings. The van der Waals surface area contributed by atoms with Crippen molar-refractivity contribution in [1.29, 1.82) is 10.8 Å². The first-order valence-electron chi connectivity index (χ1n) is 36.1. The fourth-order valence-electron chi connectivity index (χ4n) is 11.4. The van der Waals surface area contributed by atoms with Crippen LogP contribution in [0.5, 0.6) is 5.75 Å². The molecule has 6 rings (SSSR count). The Bertz CT molecular complexity index is 4280. The molecule has 0 aliphatic carbocycles. The van der Waals surface area contributed by atoms with Gasteiger partial charge in [0.15, 0.2) is 11.9 Å². The lowest BCUT2D eigenvalue weighted by molar-refractivity contribution is -0.192. The first-order valence-corrected chi connectivity index (χ1v) is 37.5. The van der Waals surface area contributed by atoms with E-state index in [0.29, 0.717) is 44.6 Å². The number of aromatic nitrogens is 3. The number of H-pyrrole nitrogens is 2. The van der Waals surface area contributed by atoms with E-state index in [-0.39, 0.29) is 83.0 Å². The molecule has 2 aromatic heterocycles. The summed E-state index contributed by atoms with van der Waals surface area (Å²) in [6.45, 7) is 2.69. The number of rotatable bonds is 45. The summed E-state index contributed by atoms with van der Waals surface area (Å²) in [5, 5.41) is 74.3. The molecule has 6 aromatic rings. The van der Waals surface area contributed by atoms with E-state index in [0.717, 1.165) is 0 Å². The van der Waals surface area contributed by atoms with Gasteiger partial charge in [0.05, 0.1) is 25.3 Å². The van der Waals surface area contributed by atoms with Gasteiger partial charge in [0, 0.05) is 67.8 Å². The number of nitrogens with two attached hydrogens (primary N) is 4. The Morgan fingerprint density at radius 1 is 0.513 bits per heavy atom. The number of primary amides is 1. The summed E-state index contributed by atoms with van der Waals surface area (Å²) in [6.07, 6.45) is -0.970. The number of phenols is 1. The molecule has 622 valence electrons. The number of phenolic OH excluding ortho intramolecular Hbond substituents is 1. The number of nitrogens with one attached hydrogen (secondary N) is 16. The maximum absolute atomic E-state index is 15.1. The van der Waals surface area contributed by atoms with Gasteiger partial charge in [0.2, 0.25) is 65.0 Å². The number of carbonyl (C=O) groups is 13. The maximum Gasteiger partial charge on any atom is 0.490 e. The summed E-state index contributed by atoms with van der Waals surface area (Å²) in [7, 11) is 0. The van der Waals surface area contributed by atoms with Crippen molar-refractivity contribution in [3.8, 4) is 5.75 Å². The van der Waals surface area contributed by atoms with Crippen molar-refractivity contribution in [2.45, 2.75) is 151 Å². The minimum Gasteiger partial charge on any atom is -0.508 e. The Hall–Kier alpha value is -12.8. The summed E-state index contributed by atoms with van der Waals surface area (Å²) >= 11 is 1.38. The van der Waals surface area contributed by atoms with Crippen molar-refractivity contribution in [2.24, 2.45) is 28.9 Å². The number of hydrogen-bond acceptors (Lipinski definition) is 19. The number of carboxylic acid groups (broad SMARTS) is 2. The quantitative estimate of drug-likeness (QED) is 0.0117. The SMILES string of the molecule is CSCC[C@H](NC(=O)[C@@H](NC(=O)[C@@H](N)Cc1ccc(O)cc1)C(C)C)C(=O)NCC(=O)N[C@@H](Cc1cnc[nH]1)C(=O)N[C@@H](Cc1ccccc1)C(=O)N[C@@H](CCCNC(=N)N)C(=O)N[C@@H](Cc1c[nH]c2ccccc12)C(=O)N[C@@H](CC(=O)O)C(=O)N[C@@H](CCCNC(=N)N)C(=O)N[C@@H](Cc1ccccc1)C(N)=O.O=C(O)C(F)(F)F. The van der Waals surface area contributed by atoms with Crippen LogP contribution in [0.1, 0.15) is 80.3 Å². The molecule has 0 aliphatic heterocycles. The number of para-hydroxylation sites is 1. The molecule has 27 N–H and O–H groups in total. The molecular weight excluding hydrogens is 1530 g/mol. The molecule has 10 atom stereocenters. The number of aromatic amines is 2. The molecule has 11 amide bonds. The number of aliphatic carboxylic acids is 2. The summed E-state index contributed by atoms with van der Waals surface area (Å²) in [5.41, 5.74) is 26.3. The number of fused-ring (bicyclic) bond motifs is 1. The van der Waals surface area contributed by atoms with E-state index in [1.54, 1.807) is 123 Å². The summed E-state index contributed by atoms with van der Waals surface area (Å²) in [6, 6.07) is 15.6. The zero-order chi connectivity index (χ0) is 84.9. The normalized spacial score (nSPS) is 13.7. The number of carboxylic acids is 2. The second kappa shape index (κ2) is 46.9. The maximum atomic E-state index is 15.1. The number of hydrogen-bond donors (Lipinski definition) is 23. The van der Waals surface area contributed by atoms with E-state index < -0.39 is 174 Å². The van der Waals surface area contributed by atoms with Gasteiger partial charge >= 0.3 is 18.1 Å². The first kappa shape index (κ1) is 92.8. The zero-order valence-corrected chi connectivity index (χ0v) is 63.8. The Morgan fingerprint density at radius 3 is 1.46 bits per heavy atom. The average molecular weight is 1630 g/mol. The molecule has 4 aromatic carbocycles. The predicted molar refractivity (Wildman–Crippen MR) is 416 cm³/mol. The summed E-state index contributed by atoms with van der Waals surface area (Å²) in [4.78, 5) is 188. The Kier molecular flexibility index (Phi) is 37.8. The van der Waals surface area contributed by atoms with Gasteiger partial charge in [-0.3, -0.25) is 68.4 Å². The van der Waals surface area contributed by atoms with E-state index in [4.69, 9.17) is 43.7 Å². The molecule has 2 heterocycles. The van der Waals surface area contributed by atoms with Crippen LogP contribution in [-0.2, 0) is 94.4 Å². The molecule has 0 saturated heterocycles. The van der Waals surface area contributed by atoms with Crippen LogP contribution < -0.4 is 86.7 Å². The molecule has 0 saturated carbocycles. The van der Waals surface area contributed by atoms with Crippen LogP contribution in [0.4, 0.5) is 13.2 Å². The number of imidazole rings is 1. The van der Waals surface area contributed by atoms with E-state index in [2.05, 4.69) is 78.8 Å². The van der Waals surface area contributed by atoms with Crippen LogP contribution in [0.15, 0.2) is 128 Å². The lowest BCUT2D eigenvalue weighted by Crippen LogP contribution is -2.61. The largest absolute Gasteiger partial charge is 0.508 e. The van der Waals surface area contributed by atoms with Gasteiger partial charge < -0.3 is 112 Å². The smallest absolute Gasteiger partial charge is 0.490 e. The van der Waals surface area contributed by atoms with Crippen molar-refractivity contribution in [3.63, 3.8) is 0 Å². The minimum atomic E-state index is -5.08. The number of guanidine groups is 2. The molecule has 0 radical (unpaired) electrons. The predicted octanol–water partition coefficient (Wildman–Crippen LogP) is -1.55. The molecule has 0 aliphatic rings. The van der Waals surface area contributed by atoms with Gasteiger partial charge in [-0.05, 0) is 96.9 Å². The minimum absolute atomic E-state index is 0.00613. The lowest BCUT2D eigenvalue weighted by Gasteiger charge is -2.28. The monoisotopic (exact) mass is 1630 g/mol. The molecular formula is C74H98F3N21O16S. The highest BCUT2D eigenvalue weighted by atomic mass is 32.2. The van der Waals surface area contributed by atoms with Crippen LogP contribution >= 0.6 is 11.8 Å². The fourth-order valence-corrected chi connectivity index (χ4v) is 11.8. The molecule has 115 heavy (non-hydrogen) atoms. The third kappa shape index (κ3) is 33.2. The van der Waals surface area contributed by atoms with E-state index in [1.165, 1.54) is 36.4 Å². The standard InChI is InChI=1S/C72H97N21O14S.C2HF3O2/c1-40(2)60(93-62(99)48(73)30-43-22-24-46(94)25-23-43)70(107)88-52(26-29-108-3)63(100)83-38-58(95)85-56(34-45-37-79-39-84-45)68(105)90-54(32-42-16-8-5-9-17-42)66(103)86-51(21-13-28-81-72(77)78)65(102)91-55(33-44-36-82-49-19-11-10-18-47(44)49)67(104)92-57(35-59(96)97)69(106)87-50(20-12-27-80-71(75)76)64(101)89-53(61(74)98)31-41-14-6-4-7-15-41;3-2(4,5)1(6)7/h4-11,14-19,22-25,36-37,39-40,48,50-57,60,82,94H,12-13,20-21,26-35,38,73H2,1-3H3,(H2,74,98)(H,79,84)(H,83,100)(H,85,95)(H,86,103)(H,87,106)(H,88,107)(H,89,101)(H,90,105)(H,91,102)(H,92,104)(H,93,99)(H,96,97)(H4,75,76,80)(H4,77,78,81);(H,6,7)/t48-,50-,51-,52-,53-,54-,55-,56-,57-,60-;/m0./s1. The van der Waals surface area contributed by atoms with Crippen LogP contribution in [-0.4, -0.2) is 217 Å². The number of benzene rings is 4. The number of carbonyl (C=O) groups excluding carboxylic acids is 11. The zero-order valence-electron chi connectivity index (χ0n) is 63.0. The third-order valence-electron chi connectivity index (χ3n) is 17.4. The van der Waals surface area contributed by atoms with Crippen LogP contribution in [0.2, 0.25) is 0 Å². The third-order valence-corrected chi connectivity index (χ3v) is 18.0. The molecule has 0 spiro atoms. The van der Waals surface area contributed by atoms with Crippen LogP contribution in [0.25, 0.3) is 10.9 Å². The van der Waals surface area contributed by atoms with Crippen molar-refractivity contribution in [3.05, 3.63) is 156 Å². The number of halogens is 3. The fraction of sp³-hybridized carbons (Fsp3) is 0.405. The second-order valence-electron chi connectivity index (χ2n) is 26.7. The van der Waals surface area contributed by atoms with Gasteiger partial charge in [-0.2, -0.15) is 24.9 Å². The Balaban J connectivity index is 0.00000321. The molecule has 0 bridgehead atoms. The summed E-state index contributed by atoms with van der Waals surface area (Å²) < 4.78 is 31.7. The van der Waals surface area contributed by atoms with Gasteiger partial charge in [0.1, 0.15) is 60.1 Å². The lowest BCUT2D eigenvalue weighted by atomic mass is 10.0. The second-order valence-corrected chi connectivity index (χ2v) is 27.7. The van der Waals surface area contributed by atoms with Crippen LogP contribution in [0.3, 0.4) is 0 Å². The number of amides is 11. The number of nitrogens with zero attached hydrogens (tertiary/aromatic N) is 1. The number of aromatic hydroxyl groups is 1. The molecule has 37 nitrogen and oxygen atoms in total. The highest BCUT2D eigenvalue weighted by Gasteiger charge is 2.39. The van der Waals surface area contributed by atoms with Crippen molar-refractivity contribution >= 4 is 112 Å². The van der Waals surface area contributed by atoms with Gasteiger partial charge in [0.25, 0.3) is 0 Å². The van der Waals surface area contributed by atoms with Crippen molar-refractivity contribution < 1.29 is 90.8 Å². The topological polar surface area (TPSA) is 623 Å². The number of alkyl halides is 3.